The highest BCUT2D eigenvalue weighted by Gasteiger charge is 2.29. The molecule has 2 aromatic heterocycles. The van der Waals surface area contributed by atoms with Crippen molar-refractivity contribution in [1.82, 2.24) is 19.4 Å². The van der Waals surface area contributed by atoms with Gasteiger partial charge in [-0.1, -0.05) is 13.8 Å². The summed E-state index contributed by atoms with van der Waals surface area (Å²) in [6.45, 7) is 9.95. The number of hydrogen-bond acceptors (Lipinski definition) is 6. The fourth-order valence-corrected chi connectivity index (χ4v) is 4.31. The Morgan fingerprint density at radius 2 is 1.62 bits per heavy atom. The van der Waals surface area contributed by atoms with Gasteiger partial charge in [0.15, 0.2) is 0 Å². The van der Waals surface area contributed by atoms with Gasteiger partial charge in [-0.25, -0.2) is 0 Å². The van der Waals surface area contributed by atoms with Crippen LogP contribution in [0, 0.1) is 6.92 Å². The monoisotopic (exact) mass is 360 g/mol. The first-order valence-electron chi connectivity index (χ1n) is 9.85. The second-order valence-electron chi connectivity index (χ2n) is 7.00. The van der Waals surface area contributed by atoms with Gasteiger partial charge in [0.05, 0.1) is 18.6 Å². The number of hydrogen-bond donors (Lipinski definition) is 2. The smallest absolute Gasteiger partial charge is 0.223 e. The second-order valence-corrected chi connectivity index (χ2v) is 7.00. The summed E-state index contributed by atoms with van der Waals surface area (Å²) in [4.78, 5) is 11.2. The Morgan fingerprint density at radius 1 is 1.00 bits per heavy atom. The number of ether oxygens (including phenoxy) is 1. The number of nitrogens with two attached hydrogens (primary N) is 2. The topological polar surface area (TPSA) is 95.2 Å². The molecule has 1 aliphatic carbocycles. The summed E-state index contributed by atoms with van der Waals surface area (Å²) in [5.74, 6) is 0.733. The van der Waals surface area contributed by atoms with Gasteiger partial charge in [0.2, 0.25) is 5.95 Å². The molecule has 0 radical (unpaired) electrons. The highest BCUT2D eigenvalue weighted by molar-refractivity contribution is 5.90. The third-order valence-electron chi connectivity index (χ3n) is 5.53. The van der Waals surface area contributed by atoms with E-state index in [1.54, 1.807) is 0 Å². The molecule has 0 unspecified atom stereocenters. The van der Waals surface area contributed by atoms with Gasteiger partial charge in [-0.15, -0.1) is 0 Å². The van der Waals surface area contributed by atoms with Crippen LogP contribution in [0.4, 0.5) is 11.8 Å². The Labute approximate surface area is 155 Å². The molecule has 2 aliphatic rings. The normalized spacial score (nSPS) is 24.3. The van der Waals surface area contributed by atoms with Crippen molar-refractivity contribution < 1.29 is 4.74 Å². The van der Waals surface area contributed by atoms with Gasteiger partial charge in [0.25, 0.3) is 0 Å². The van der Waals surface area contributed by atoms with Crippen LogP contribution < -0.4 is 11.5 Å². The summed E-state index contributed by atoms with van der Waals surface area (Å²) in [6, 6.07) is 1.16. The van der Waals surface area contributed by atoms with E-state index < -0.39 is 0 Å². The summed E-state index contributed by atoms with van der Waals surface area (Å²) in [7, 11) is 0. The van der Waals surface area contributed by atoms with Crippen LogP contribution in [0.5, 0.6) is 0 Å². The first-order valence-corrected chi connectivity index (χ1v) is 9.85. The number of nitrogens with zero attached hydrogens (tertiary/aromatic N) is 4. The van der Waals surface area contributed by atoms with Gasteiger partial charge >= 0.3 is 0 Å². The summed E-state index contributed by atoms with van der Waals surface area (Å²) in [5, 5.41) is 0.944. The van der Waals surface area contributed by atoms with Crippen molar-refractivity contribution in [2.24, 2.45) is 0 Å². The summed E-state index contributed by atoms with van der Waals surface area (Å²) >= 11 is 0. The quantitative estimate of drug-likeness (QED) is 0.855. The van der Waals surface area contributed by atoms with Gasteiger partial charge in [0.1, 0.15) is 11.5 Å². The van der Waals surface area contributed by atoms with Gasteiger partial charge in [0, 0.05) is 31.4 Å². The molecule has 1 aliphatic heterocycles. The van der Waals surface area contributed by atoms with Crippen molar-refractivity contribution in [1.29, 1.82) is 0 Å². The van der Waals surface area contributed by atoms with Crippen LogP contribution in [0.2, 0.25) is 0 Å². The Morgan fingerprint density at radius 3 is 2.27 bits per heavy atom. The highest BCUT2D eigenvalue weighted by Crippen LogP contribution is 2.35. The number of fused-ring (bicyclic) bond motifs is 1. The lowest BCUT2D eigenvalue weighted by Gasteiger charge is -2.39. The van der Waals surface area contributed by atoms with Crippen LogP contribution in [-0.4, -0.2) is 51.8 Å². The first kappa shape index (κ1) is 18.9. The Balaban J connectivity index is 0.000000948. The van der Waals surface area contributed by atoms with Gasteiger partial charge < -0.3 is 20.8 Å². The van der Waals surface area contributed by atoms with E-state index in [4.69, 9.17) is 16.2 Å². The molecule has 1 saturated carbocycles. The zero-order valence-corrected chi connectivity index (χ0v) is 16.2. The molecule has 144 valence electrons. The van der Waals surface area contributed by atoms with Gasteiger partial charge in [-0.3, -0.25) is 4.90 Å². The van der Waals surface area contributed by atoms with E-state index in [1.807, 2.05) is 13.8 Å². The molecule has 7 heteroatoms. The van der Waals surface area contributed by atoms with E-state index in [1.165, 1.54) is 12.8 Å². The molecule has 0 bridgehead atoms. The average molecular weight is 361 g/mol. The van der Waals surface area contributed by atoms with Crippen LogP contribution in [0.25, 0.3) is 11.0 Å². The molecular formula is C19H32N6O. The van der Waals surface area contributed by atoms with Crippen LogP contribution >= 0.6 is 0 Å². The fourth-order valence-electron chi connectivity index (χ4n) is 4.31. The molecule has 3 heterocycles. The number of aromatic nitrogens is 3. The van der Waals surface area contributed by atoms with E-state index in [-0.39, 0.29) is 5.95 Å². The summed E-state index contributed by atoms with van der Waals surface area (Å²) < 4.78 is 7.74. The van der Waals surface area contributed by atoms with Crippen LogP contribution in [-0.2, 0) is 4.74 Å². The van der Waals surface area contributed by atoms with Crippen molar-refractivity contribution >= 4 is 22.8 Å². The molecule has 2 fully saturated rings. The third kappa shape index (κ3) is 3.64. The average Bonchev–Trinajstić information content (AvgIpc) is 3.01. The third-order valence-corrected chi connectivity index (χ3v) is 5.53. The van der Waals surface area contributed by atoms with Crippen molar-refractivity contribution in [3.63, 3.8) is 0 Å². The number of morpholine rings is 1. The molecule has 7 nitrogen and oxygen atoms in total. The summed E-state index contributed by atoms with van der Waals surface area (Å²) in [5.41, 5.74) is 13.9. The standard InChI is InChI=1S/C17H26N6O.C2H6/c1-11-10-23(16-14(11)15(18)20-17(19)21-16)13-4-2-12(3-5-13)22-6-8-24-9-7-22;1-2/h10,12-13H,2-9H2,1H3,(H4,18,19,20,21);1-2H3. The zero-order valence-electron chi connectivity index (χ0n) is 16.2. The molecule has 0 atom stereocenters. The van der Waals surface area contributed by atoms with E-state index >= 15 is 0 Å². The van der Waals surface area contributed by atoms with Crippen molar-refractivity contribution in [3.05, 3.63) is 11.8 Å². The number of anilines is 2. The zero-order chi connectivity index (χ0) is 18.7. The molecule has 4 rings (SSSR count). The Kier molecular flexibility index (Phi) is 5.98. The summed E-state index contributed by atoms with van der Waals surface area (Å²) in [6.07, 6.45) is 6.93. The highest BCUT2D eigenvalue weighted by atomic mass is 16.5. The lowest BCUT2D eigenvalue weighted by molar-refractivity contribution is 0.00557. The number of nitrogen functional groups attached to an aromatic ring is 2. The predicted molar refractivity (Wildman–Crippen MR) is 106 cm³/mol. The lowest BCUT2D eigenvalue weighted by atomic mass is 9.90. The van der Waals surface area contributed by atoms with E-state index in [0.717, 1.165) is 55.7 Å². The molecule has 2 aromatic rings. The Bertz CT molecular complexity index is 729. The van der Waals surface area contributed by atoms with Crippen LogP contribution in [0.15, 0.2) is 6.20 Å². The van der Waals surface area contributed by atoms with E-state index in [9.17, 15) is 0 Å². The van der Waals surface area contributed by atoms with Crippen LogP contribution in [0.1, 0.15) is 51.1 Å². The first-order chi connectivity index (χ1) is 12.6. The Hall–Kier alpha value is -1.86. The van der Waals surface area contributed by atoms with Crippen LogP contribution in [0.3, 0.4) is 0 Å². The minimum atomic E-state index is 0.251. The number of aryl methyl sites for hydroxylation is 1. The van der Waals surface area contributed by atoms with Crippen molar-refractivity contribution in [2.45, 2.75) is 58.5 Å². The van der Waals surface area contributed by atoms with E-state index in [2.05, 4.69) is 32.6 Å². The molecular weight excluding hydrogens is 328 g/mol. The second kappa shape index (κ2) is 8.22. The largest absolute Gasteiger partial charge is 0.383 e. The number of rotatable bonds is 2. The maximum absolute atomic E-state index is 6.06. The maximum Gasteiger partial charge on any atom is 0.223 e. The van der Waals surface area contributed by atoms with Crippen molar-refractivity contribution in [3.8, 4) is 0 Å². The van der Waals surface area contributed by atoms with Gasteiger partial charge in [-0.2, -0.15) is 9.97 Å². The predicted octanol–water partition coefficient (Wildman–Crippen LogP) is 2.75. The molecule has 0 amide bonds. The molecule has 0 spiro atoms. The maximum atomic E-state index is 6.06. The minimum Gasteiger partial charge on any atom is -0.383 e. The van der Waals surface area contributed by atoms with Gasteiger partial charge in [-0.05, 0) is 38.2 Å². The molecule has 0 aromatic carbocycles. The fraction of sp³-hybridized carbons (Fsp3) is 0.684. The van der Waals surface area contributed by atoms with Crippen molar-refractivity contribution in [2.75, 3.05) is 37.8 Å². The lowest BCUT2D eigenvalue weighted by Crippen LogP contribution is -2.45. The molecule has 4 N–H and O–H groups in total. The van der Waals surface area contributed by atoms with E-state index in [0.29, 0.717) is 17.9 Å². The minimum absolute atomic E-state index is 0.251. The SMILES string of the molecule is CC.Cc1cn(C2CCC(N3CCOCC3)CC2)c2nc(N)nc(N)c12. The molecule has 26 heavy (non-hydrogen) atoms. The molecule has 1 saturated heterocycles.